The molecule has 2 atom stereocenters. The zero-order chi connectivity index (χ0) is 17.7. The van der Waals surface area contributed by atoms with Crippen molar-refractivity contribution < 1.29 is 4.79 Å². The molecule has 0 aliphatic rings. The molecule has 2 aromatic rings. The predicted molar refractivity (Wildman–Crippen MR) is 94.1 cm³/mol. The highest BCUT2D eigenvalue weighted by molar-refractivity contribution is 5.74. The van der Waals surface area contributed by atoms with Crippen LogP contribution in [0.15, 0.2) is 36.9 Å². The van der Waals surface area contributed by atoms with Crippen LogP contribution in [-0.4, -0.2) is 64.3 Å². The van der Waals surface area contributed by atoms with Crippen molar-refractivity contribution in [2.24, 2.45) is 0 Å². The summed E-state index contributed by atoms with van der Waals surface area (Å²) in [5, 5.41) is 7.08. The molecule has 0 radical (unpaired) electrons. The van der Waals surface area contributed by atoms with E-state index in [4.69, 9.17) is 0 Å². The van der Waals surface area contributed by atoms with Crippen LogP contribution in [0.3, 0.4) is 0 Å². The molecule has 0 bridgehead atoms. The third kappa shape index (κ3) is 4.32. The van der Waals surface area contributed by atoms with Crippen LogP contribution in [-0.2, 0) is 0 Å². The Bertz CT molecular complexity index is 638. The average Bonchev–Trinajstić information content (AvgIpc) is 3.12. The van der Waals surface area contributed by atoms with Crippen LogP contribution in [0.25, 0.3) is 5.69 Å². The predicted octanol–water partition coefficient (Wildman–Crippen LogP) is 1.92. The second-order valence-electron chi connectivity index (χ2n) is 6.22. The molecule has 0 fully saturated rings. The molecule has 1 aromatic heterocycles. The second kappa shape index (κ2) is 7.92. The van der Waals surface area contributed by atoms with Crippen molar-refractivity contribution in [1.29, 1.82) is 0 Å². The van der Waals surface area contributed by atoms with Crippen molar-refractivity contribution in [2.75, 3.05) is 27.7 Å². The molecule has 1 N–H and O–H groups in total. The zero-order valence-corrected chi connectivity index (χ0v) is 15.0. The van der Waals surface area contributed by atoms with E-state index in [-0.39, 0.29) is 12.1 Å². The summed E-state index contributed by atoms with van der Waals surface area (Å²) in [6.45, 7) is 4.71. The minimum Gasteiger partial charge on any atom is -0.336 e. The van der Waals surface area contributed by atoms with E-state index in [1.807, 2.05) is 52.3 Å². The highest BCUT2D eigenvalue weighted by Gasteiger charge is 2.18. The van der Waals surface area contributed by atoms with Crippen molar-refractivity contribution in [3.05, 3.63) is 42.5 Å². The van der Waals surface area contributed by atoms with Gasteiger partial charge in [-0.1, -0.05) is 12.1 Å². The SMILES string of the molecule is C[C@H](c1ccc(-n2cncn2)cc1)N(C)C(=O)NC[C@H](C)N(C)C. The fourth-order valence-electron chi connectivity index (χ4n) is 2.19. The van der Waals surface area contributed by atoms with Gasteiger partial charge in [0.25, 0.3) is 0 Å². The van der Waals surface area contributed by atoms with Crippen LogP contribution >= 0.6 is 0 Å². The highest BCUT2D eigenvalue weighted by Crippen LogP contribution is 2.20. The van der Waals surface area contributed by atoms with Crippen molar-refractivity contribution >= 4 is 6.03 Å². The molecule has 0 saturated carbocycles. The van der Waals surface area contributed by atoms with Gasteiger partial charge in [0.1, 0.15) is 12.7 Å². The Labute approximate surface area is 143 Å². The van der Waals surface area contributed by atoms with Gasteiger partial charge in [0, 0.05) is 19.6 Å². The molecule has 2 amide bonds. The van der Waals surface area contributed by atoms with Gasteiger partial charge in [0.05, 0.1) is 11.7 Å². The first-order chi connectivity index (χ1) is 11.4. The lowest BCUT2D eigenvalue weighted by atomic mass is 10.1. The maximum Gasteiger partial charge on any atom is 0.317 e. The summed E-state index contributed by atoms with van der Waals surface area (Å²) >= 11 is 0. The topological polar surface area (TPSA) is 66.3 Å². The van der Waals surface area contributed by atoms with Gasteiger partial charge in [-0.15, -0.1) is 0 Å². The summed E-state index contributed by atoms with van der Waals surface area (Å²) in [6, 6.07) is 8.16. The molecule has 0 unspecified atom stereocenters. The third-order valence-corrected chi connectivity index (χ3v) is 4.39. The van der Waals surface area contributed by atoms with Gasteiger partial charge in [-0.05, 0) is 45.6 Å². The van der Waals surface area contributed by atoms with Gasteiger partial charge in [-0.2, -0.15) is 5.10 Å². The molecule has 0 spiro atoms. The van der Waals surface area contributed by atoms with Crippen molar-refractivity contribution in [3.63, 3.8) is 0 Å². The molecule has 7 heteroatoms. The smallest absolute Gasteiger partial charge is 0.317 e. The molecular weight excluding hydrogens is 304 g/mol. The Hall–Kier alpha value is -2.41. The number of hydrogen-bond donors (Lipinski definition) is 1. The number of carbonyl (C=O) groups excluding carboxylic acids is 1. The highest BCUT2D eigenvalue weighted by atomic mass is 16.2. The number of benzene rings is 1. The van der Waals surface area contributed by atoms with E-state index in [2.05, 4.69) is 27.2 Å². The van der Waals surface area contributed by atoms with Gasteiger partial charge in [0.15, 0.2) is 0 Å². The summed E-state index contributed by atoms with van der Waals surface area (Å²) in [5.41, 5.74) is 2.01. The fourth-order valence-corrected chi connectivity index (χ4v) is 2.19. The Kier molecular flexibility index (Phi) is 5.92. The van der Waals surface area contributed by atoms with E-state index in [0.717, 1.165) is 11.3 Å². The largest absolute Gasteiger partial charge is 0.336 e. The lowest BCUT2D eigenvalue weighted by molar-refractivity contribution is 0.190. The summed E-state index contributed by atoms with van der Waals surface area (Å²) in [7, 11) is 5.81. The molecule has 2 rings (SSSR count). The van der Waals surface area contributed by atoms with Crippen LogP contribution in [0.4, 0.5) is 4.79 Å². The zero-order valence-electron chi connectivity index (χ0n) is 15.0. The van der Waals surface area contributed by atoms with E-state index >= 15 is 0 Å². The van der Waals surface area contributed by atoms with E-state index < -0.39 is 0 Å². The number of amides is 2. The summed E-state index contributed by atoms with van der Waals surface area (Å²) in [6.07, 6.45) is 3.16. The van der Waals surface area contributed by atoms with E-state index in [1.165, 1.54) is 6.33 Å². The first kappa shape index (κ1) is 17.9. The number of rotatable bonds is 6. The maximum absolute atomic E-state index is 12.3. The Balaban J connectivity index is 1.97. The second-order valence-corrected chi connectivity index (χ2v) is 6.22. The summed E-state index contributed by atoms with van der Waals surface area (Å²) in [4.78, 5) is 20.0. The standard InChI is InChI=1S/C17H26N6O/c1-13(21(3)4)10-19-17(24)22(5)14(2)15-6-8-16(9-7-15)23-12-18-11-20-23/h6-9,11-14H,10H2,1-5H3,(H,19,24)/t13-,14+/m0/s1. The quantitative estimate of drug-likeness (QED) is 0.879. The van der Waals surface area contributed by atoms with Crippen LogP contribution in [0, 0.1) is 0 Å². The molecule has 130 valence electrons. The maximum atomic E-state index is 12.3. The lowest BCUT2D eigenvalue weighted by Gasteiger charge is -2.27. The molecular formula is C17H26N6O. The first-order valence-corrected chi connectivity index (χ1v) is 8.02. The molecule has 1 heterocycles. The number of nitrogens with zero attached hydrogens (tertiary/aromatic N) is 5. The van der Waals surface area contributed by atoms with Crippen LogP contribution in [0.1, 0.15) is 25.5 Å². The van der Waals surface area contributed by atoms with E-state index in [0.29, 0.717) is 12.6 Å². The van der Waals surface area contributed by atoms with Crippen LogP contribution in [0.2, 0.25) is 0 Å². The van der Waals surface area contributed by atoms with E-state index in [1.54, 1.807) is 15.9 Å². The van der Waals surface area contributed by atoms with Crippen molar-refractivity contribution in [2.45, 2.75) is 25.9 Å². The number of hydrogen-bond acceptors (Lipinski definition) is 4. The fraction of sp³-hybridized carbons (Fsp3) is 0.471. The molecule has 24 heavy (non-hydrogen) atoms. The van der Waals surface area contributed by atoms with Crippen molar-refractivity contribution in [1.82, 2.24) is 29.9 Å². The Morgan fingerprint density at radius 2 is 1.88 bits per heavy atom. The Morgan fingerprint density at radius 3 is 2.42 bits per heavy atom. The van der Waals surface area contributed by atoms with Crippen molar-refractivity contribution in [3.8, 4) is 5.69 Å². The lowest BCUT2D eigenvalue weighted by Crippen LogP contribution is -2.44. The Morgan fingerprint density at radius 1 is 1.21 bits per heavy atom. The monoisotopic (exact) mass is 330 g/mol. The molecule has 0 saturated heterocycles. The third-order valence-electron chi connectivity index (χ3n) is 4.39. The van der Waals surface area contributed by atoms with Crippen LogP contribution in [0.5, 0.6) is 0 Å². The summed E-state index contributed by atoms with van der Waals surface area (Å²) in [5.74, 6) is 0. The first-order valence-electron chi connectivity index (χ1n) is 8.02. The molecule has 1 aromatic carbocycles. The van der Waals surface area contributed by atoms with Gasteiger partial charge in [-0.3, -0.25) is 0 Å². The molecule has 0 aliphatic heterocycles. The van der Waals surface area contributed by atoms with Gasteiger partial charge < -0.3 is 15.1 Å². The molecule has 7 nitrogen and oxygen atoms in total. The number of likely N-dealkylation sites (N-methyl/N-ethyl adjacent to an activating group) is 1. The minimum atomic E-state index is -0.0726. The average molecular weight is 330 g/mol. The minimum absolute atomic E-state index is 0.0236. The van der Waals surface area contributed by atoms with Gasteiger partial charge in [0.2, 0.25) is 0 Å². The molecule has 0 aliphatic carbocycles. The number of aromatic nitrogens is 3. The number of nitrogens with one attached hydrogen (secondary N) is 1. The van der Waals surface area contributed by atoms with Gasteiger partial charge in [-0.25, -0.2) is 14.5 Å². The normalized spacial score (nSPS) is 13.6. The number of urea groups is 1. The van der Waals surface area contributed by atoms with E-state index in [9.17, 15) is 4.79 Å². The number of carbonyl (C=O) groups is 1. The summed E-state index contributed by atoms with van der Waals surface area (Å²) < 4.78 is 1.70. The van der Waals surface area contributed by atoms with Crippen LogP contribution < -0.4 is 5.32 Å². The van der Waals surface area contributed by atoms with Gasteiger partial charge >= 0.3 is 6.03 Å².